The molecule has 0 fully saturated rings. The minimum atomic E-state index is 0.627. The average molecular weight is 378 g/mol. The summed E-state index contributed by atoms with van der Waals surface area (Å²) in [4.78, 5) is 0.759. The second-order valence-corrected chi connectivity index (χ2v) is 7.62. The van der Waals surface area contributed by atoms with Crippen LogP contribution in [-0.4, -0.2) is 51.0 Å². The standard InChI is InChI=1S/C16H36N.C6H5N3O/c1-5-9-13-17(14-10-6-2,15-11-7-3)16-12-8-4;10-9-6-4-2-1-3-5(6)7-8-9/h5-16H2,1-4H3;1-4,10H/q+1;. The lowest BCUT2D eigenvalue weighted by Gasteiger charge is -2.39. The quantitative estimate of drug-likeness (QED) is 0.383. The minimum absolute atomic E-state index is 0.627. The molecule has 0 saturated heterocycles. The van der Waals surface area contributed by atoms with E-state index in [1.807, 2.05) is 12.1 Å². The molecule has 1 heterocycles. The van der Waals surface area contributed by atoms with Crippen molar-refractivity contribution in [1.29, 1.82) is 0 Å². The van der Waals surface area contributed by atoms with E-state index in [0.29, 0.717) is 11.0 Å². The van der Waals surface area contributed by atoms with Crippen molar-refractivity contribution in [3.63, 3.8) is 0 Å². The van der Waals surface area contributed by atoms with Gasteiger partial charge in [-0.1, -0.05) is 70.4 Å². The fraction of sp³-hybridized carbons (Fsp3) is 0.727. The van der Waals surface area contributed by atoms with Crippen LogP contribution in [0, 0.1) is 0 Å². The number of quaternary nitrogens is 1. The van der Waals surface area contributed by atoms with Crippen LogP contribution in [-0.2, 0) is 0 Å². The van der Waals surface area contributed by atoms with Crippen molar-refractivity contribution in [2.75, 3.05) is 26.2 Å². The van der Waals surface area contributed by atoms with Crippen molar-refractivity contribution < 1.29 is 9.69 Å². The summed E-state index contributed by atoms with van der Waals surface area (Å²) in [6.45, 7) is 15.0. The second-order valence-electron chi connectivity index (χ2n) is 7.62. The molecule has 1 aromatic heterocycles. The highest BCUT2D eigenvalue weighted by molar-refractivity contribution is 5.73. The molecule has 2 rings (SSSR count). The van der Waals surface area contributed by atoms with Gasteiger partial charge in [-0.05, 0) is 43.0 Å². The van der Waals surface area contributed by atoms with Gasteiger partial charge >= 0.3 is 0 Å². The van der Waals surface area contributed by atoms with Gasteiger partial charge in [-0.15, -0.1) is 5.10 Å². The molecule has 27 heavy (non-hydrogen) atoms. The molecule has 0 aliphatic heterocycles. The van der Waals surface area contributed by atoms with E-state index in [1.165, 1.54) is 82.0 Å². The molecule has 0 bridgehead atoms. The van der Waals surface area contributed by atoms with Crippen molar-refractivity contribution in [2.24, 2.45) is 0 Å². The predicted molar refractivity (Wildman–Crippen MR) is 114 cm³/mol. The van der Waals surface area contributed by atoms with Gasteiger partial charge in [-0.25, -0.2) is 0 Å². The highest BCUT2D eigenvalue weighted by atomic mass is 16.5. The Kier molecular flexibility index (Phi) is 11.7. The first-order valence-electron chi connectivity index (χ1n) is 11.0. The Morgan fingerprint density at radius 3 is 1.63 bits per heavy atom. The van der Waals surface area contributed by atoms with Gasteiger partial charge in [0.15, 0.2) is 0 Å². The summed E-state index contributed by atoms with van der Waals surface area (Å²) in [7, 11) is 0. The van der Waals surface area contributed by atoms with Crippen LogP contribution in [0.1, 0.15) is 79.1 Å². The van der Waals surface area contributed by atoms with Gasteiger partial charge in [0.05, 0.1) is 26.2 Å². The molecule has 5 heteroatoms. The lowest BCUT2D eigenvalue weighted by molar-refractivity contribution is -0.929. The molecule has 1 aromatic carbocycles. The van der Waals surface area contributed by atoms with Crippen molar-refractivity contribution >= 4 is 11.0 Å². The van der Waals surface area contributed by atoms with Crippen LogP contribution < -0.4 is 0 Å². The molecule has 0 radical (unpaired) electrons. The molecule has 0 spiro atoms. The monoisotopic (exact) mass is 377 g/mol. The second kappa shape index (κ2) is 13.5. The summed E-state index contributed by atoms with van der Waals surface area (Å²) in [6, 6.07) is 7.19. The van der Waals surface area contributed by atoms with Crippen molar-refractivity contribution in [3.8, 4) is 0 Å². The molecule has 2 aromatic rings. The highest BCUT2D eigenvalue weighted by Gasteiger charge is 2.24. The van der Waals surface area contributed by atoms with Crippen LogP contribution in [0.4, 0.5) is 0 Å². The summed E-state index contributed by atoms with van der Waals surface area (Å²) in [6.07, 6.45) is 11.1. The molecule has 5 nitrogen and oxygen atoms in total. The van der Waals surface area contributed by atoms with Crippen LogP contribution in [0.5, 0.6) is 0 Å². The van der Waals surface area contributed by atoms with Crippen LogP contribution in [0.3, 0.4) is 0 Å². The minimum Gasteiger partial charge on any atom is -0.410 e. The number of hydrogen-bond donors (Lipinski definition) is 1. The zero-order valence-electron chi connectivity index (χ0n) is 18.0. The molecule has 0 saturated carbocycles. The fourth-order valence-corrected chi connectivity index (χ4v) is 3.50. The van der Waals surface area contributed by atoms with E-state index < -0.39 is 0 Å². The van der Waals surface area contributed by atoms with E-state index in [2.05, 4.69) is 38.0 Å². The van der Waals surface area contributed by atoms with Gasteiger partial charge < -0.3 is 9.69 Å². The number of nitrogens with zero attached hydrogens (tertiary/aromatic N) is 4. The van der Waals surface area contributed by atoms with Crippen LogP contribution in [0.25, 0.3) is 11.0 Å². The fourth-order valence-electron chi connectivity index (χ4n) is 3.50. The number of unbranched alkanes of at least 4 members (excludes halogenated alkanes) is 4. The number of aromatic nitrogens is 3. The van der Waals surface area contributed by atoms with E-state index >= 15 is 0 Å². The van der Waals surface area contributed by atoms with E-state index in [9.17, 15) is 0 Å². The smallest absolute Gasteiger partial charge is 0.130 e. The zero-order chi connectivity index (χ0) is 20.0. The van der Waals surface area contributed by atoms with Gasteiger partial charge in [-0.3, -0.25) is 0 Å². The predicted octanol–water partition coefficient (Wildman–Crippen LogP) is 5.67. The Bertz CT molecular complexity index is 574. The Morgan fingerprint density at radius 1 is 0.778 bits per heavy atom. The van der Waals surface area contributed by atoms with Gasteiger partial charge in [0, 0.05) is 0 Å². The Hall–Kier alpha value is -1.62. The number of rotatable bonds is 12. The maximum absolute atomic E-state index is 8.95. The highest BCUT2D eigenvalue weighted by Crippen LogP contribution is 2.16. The third-order valence-electron chi connectivity index (χ3n) is 5.28. The first kappa shape index (κ1) is 23.4. The number of fused-ring (bicyclic) bond motifs is 1. The summed E-state index contributed by atoms with van der Waals surface area (Å²) in [5.74, 6) is 0. The maximum atomic E-state index is 8.95. The largest absolute Gasteiger partial charge is 0.410 e. The Balaban J connectivity index is 0.000000303. The maximum Gasteiger partial charge on any atom is 0.130 e. The Labute approximate surface area is 165 Å². The number of benzene rings is 1. The first-order valence-corrected chi connectivity index (χ1v) is 11.0. The van der Waals surface area contributed by atoms with Gasteiger partial charge in [-0.2, -0.15) is 0 Å². The lowest BCUT2D eigenvalue weighted by atomic mass is 10.1. The lowest BCUT2D eigenvalue weighted by Crippen LogP contribution is -2.50. The van der Waals surface area contributed by atoms with Gasteiger partial charge in [0.25, 0.3) is 0 Å². The van der Waals surface area contributed by atoms with Crippen molar-refractivity contribution in [3.05, 3.63) is 24.3 Å². The zero-order valence-corrected chi connectivity index (χ0v) is 18.0. The molecule has 154 valence electrons. The topological polar surface area (TPSA) is 50.9 Å². The molecule has 0 aliphatic rings. The van der Waals surface area contributed by atoms with E-state index in [1.54, 1.807) is 12.1 Å². The Morgan fingerprint density at radius 2 is 1.22 bits per heavy atom. The molecule has 0 aliphatic carbocycles. The molecular weight excluding hydrogens is 336 g/mol. The molecular formula is C22H41N4O+. The molecule has 1 N–H and O–H groups in total. The summed E-state index contributed by atoms with van der Waals surface area (Å²) >= 11 is 0. The molecule has 0 amide bonds. The van der Waals surface area contributed by atoms with E-state index in [0.717, 1.165) is 4.85 Å². The first-order chi connectivity index (χ1) is 13.1. The van der Waals surface area contributed by atoms with Crippen LogP contribution in [0.15, 0.2) is 24.3 Å². The third-order valence-corrected chi connectivity index (χ3v) is 5.28. The summed E-state index contributed by atoms with van der Waals surface area (Å²) in [5.41, 5.74) is 1.33. The number of hydrogen-bond acceptors (Lipinski definition) is 3. The van der Waals surface area contributed by atoms with Crippen molar-refractivity contribution in [1.82, 2.24) is 15.2 Å². The number of para-hydroxylation sites is 1. The molecule has 0 unspecified atom stereocenters. The van der Waals surface area contributed by atoms with Gasteiger partial charge in [0.2, 0.25) is 0 Å². The van der Waals surface area contributed by atoms with E-state index in [-0.39, 0.29) is 0 Å². The normalized spacial score (nSPS) is 11.4. The van der Waals surface area contributed by atoms with Gasteiger partial charge in [0.1, 0.15) is 11.0 Å². The SMILES string of the molecule is CCCC[N+](CCCC)(CCCC)CCCC.On1nnc2ccccc21. The van der Waals surface area contributed by atoms with E-state index in [4.69, 9.17) is 5.21 Å². The summed E-state index contributed by atoms with van der Waals surface area (Å²) in [5, 5.41) is 16.1. The third kappa shape index (κ3) is 8.29. The van der Waals surface area contributed by atoms with Crippen molar-refractivity contribution in [2.45, 2.75) is 79.1 Å². The average Bonchev–Trinajstić information content (AvgIpc) is 3.09. The van der Waals surface area contributed by atoms with Crippen LogP contribution >= 0.6 is 0 Å². The molecule has 0 atom stereocenters. The van der Waals surface area contributed by atoms with Crippen LogP contribution in [0.2, 0.25) is 0 Å². The summed E-state index contributed by atoms with van der Waals surface area (Å²) < 4.78 is 1.42.